The van der Waals surface area contributed by atoms with Gasteiger partial charge in [-0.05, 0) is 52.7 Å². The van der Waals surface area contributed by atoms with Gasteiger partial charge >= 0.3 is 0 Å². The van der Waals surface area contributed by atoms with Gasteiger partial charge in [-0.25, -0.2) is 0 Å². The Morgan fingerprint density at radius 3 is 2.50 bits per heavy atom. The quantitative estimate of drug-likeness (QED) is 0.822. The summed E-state index contributed by atoms with van der Waals surface area (Å²) >= 11 is 11.4. The normalized spacial score (nSPS) is 12.4. The van der Waals surface area contributed by atoms with Crippen molar-refractivity contribution in [1.82, 2.24) is 0 Å². The van der Waals surface area contributed by atoms with Crippen LogP contribution in [0.3, 0.4) is 0 Å². The van der Waals surface area contributed by atoms with Crippen molar-refractivity contribution in [2.24, 2.45) is 5.73 Å². The fourth-order valence-electron chi connectivity index (χ4n) is 1.53. The second-order valence-corrected chi connectivity index (χ2v) is 6.36. The van der Waals surface area contributed by atoms with Crippen LogP contribution >= 0.6 is 39.3 Å². The number of benzene rings is 2. The maximum Gasteiger partial charge on any atom is 0.0545 e. The smallest absolute Gasteiger partial charge is 0.0545 e. The summed E-state index contributed by atoms with van der Waals surface area (Å²) in [4.78, 5) is 2.18. The first-order valence-electron chi connectivity index (χ1n) is 5.55. The van der Waals surface area contributed by atoms with E-state index in [2.05, 4.69) is 34.1 Å². The molecule has 0 aromatic heterocycles. The van der Waals surface area contributed by atoms with Gasteiger partial charge in [0.25, 0.3) is 0 Å². The summed E-state index contributed by atoms with van der Waals surface area (Å²) in [6, 6.07) is 14.0. The van der Waals surface area contributed by atoms with Gasteiger partial charge in [0.1, 0.15) is 0 Å². The van der Waals surface area contributed by atoms with Crippen LogP contribution in [0, 0.1) is 0 Å². The molecule has 0 spiro atoms. The highest BCUT2D eigenvalue weighted by Gasteiger charge is 2.07. The summed E-state index contributed by atoms with van der Waals surface area (Å²) in [5, 5.41) is 0.769. The Labute approximate surface area is 125 Å². The van der Waals surface area contributed by atoms with E-state index < -0.39 is 0 Å². The zero-order valence-corrected chi connectivity index (χ0v) is 13.0. The number of rotatable bonds is 3. The molecule has 1 nitrogen and oxygen atoms in total. The summed E-state index contributed by atoms with van der Waals surface area (Å²) < 4.78 is 1.04. The molecule has 0 aliphatic rings. The van der Waals surface area contributed by atoms with Crippen LogP contribution in [0.25, 0.3) is 0 Å². The van der Waals surface area contributed by atoms with Crippen LogP contribution in [0.4, 0.5) is 0 Å². The Morgan fingerprint density at radius 1 is 1.17 bits per heavy atom. The van der Waals surface area contributed by atoms with E-state index in [1.807, 2.05) is 31.2 Å². The Bertz CT molecular complexity index is 557. The molecule has 4 heteroatoms. The molecule has 1 unspecified atom stereocenters. The first-order valence-corrected chi connectivity index (χ1v) is 7.54. The van der Waals surface area contributed by atoms with Crippen molar-refractivity contribution >= 4 is 39.3 Å². The molecule has 0 heterocycles. The van der Waals surface area contributed by atoms with Crippen molar-refractivity contribution in [2.45, 2.75) is 22.8 Å². The fraction of sp³-hybridized carbons (Fsp3) is 0.143. The van der Waals surface area contributed by atoms with Crippen LogP contribution in [-0.4, -0.2) is 0 Å². The summed E-state index contributed by atoms with van der Waals surface area (Å²) in [6.45, 7) is 1.97. The van der Waals surface area contributed by atoms with E-state index >= 15 is 0 Å². The average molecular weight is 343 g/mol. The molecule has 2 aromatic carbocycles. The van der Waals surface area contributed by atoms with Crippen LogP contribution < -0.4 is 5.73 Å². The molecule has 94 valence electrons. The predicted octanol–water partition coefficient (Wildman–Crippen LogP) is 5.27. The highest BCUT2D eigenvalue weighted by atomic mass is 79.9. The zero-order chi connectivity index (χ0) is 13.1. The van der Waals surface area contributed by atoms with Gasteiger partial charge in [0.05, 0.1) is 5.02 Å². The maximum atomic E-state index is 6.15. The second kappa shape index (κ2) is 6.11. The van der Waals surface area contributed by atoms with Crippen molar-refractivity contribution in [3.63, 3.8) is 0 Å². The average Bonchev–Trinajstić information content (AvgIpc) is 2.34. The van der Waals surface area contributed by atoms with Gasteiger partial charge in [-0.1, -0.05) is 41.6 Å². The van der Waals surface area contributed by atoms with Crippen molar-refractivity contribution in [2.75, 3.05) is 0 Å². The minimum Gasteiger partial charge on any atom is -0.324 e. The predicted molar refractivity (Wildman–Crippen MR) is 82.3 cm³/mol. The van der Waals surface area contributed by atoms with Gasteiger partial charge in [-0.2, -0.15) is 0 Å². The monoisotopic (exact) mass is 341 g/mol. The Hall–Kier alpha value is -0.480. The molecular weight excluding hydrogens is 330 g/mol. The lowest BCUT2D eigenvalue weighted by Gasteiger charge is -2.10. The Morgan fingerprint density at radius 2 is 1.89 bits per heavy atom. The highest BCUT2D eigenvalue weighted by Crippen LogP contribution is 2.37. The first-order chi connectivity index (χ1) is 8.58. The van der Waals surface area contributed by atoms with E-state index in [0.717, 1.165) is 24.8 Å². The van der Waals surface area contributed by atoms with E-state index in [0.29, 0.717) is 0 Å². The molecule has 1 atom stereocenters. The van der Waals surface area contributed by atoms with Crippen LogP contribution in [-0.2, 0) is 0 Å². The zero-order valence-electron chi connectivity index (χ0n) is 9.86. The topological polar surface area (TPSA) is 26.0 Å². The molecule has 0 aliphatic carbocycles. The maximum absolute atomic E-state index is 6.15. The molecule has 0 aliphatic heterocycles. The highest BCUT2D eigenvalue weighted by molar-refractivity contribution is 9.10. The molecule has 2 rings (SSSR count). The standard InChI is InChI=1S/C14H13BrClNS/c1-9(17)10-6-7-13(11(15)8-10)18-14-5-3-2-4-12(14)16/h2-9H,17H2,1H3. The first kappa shape index (κ1) is 13.9. The summed E-state index contributed by atoms with van der Waals surface area (Å²) in [7, 11) is 0. The molecule has 0 fully saturated rings. The van der Waals surface area contributed by atoms with Gasteiger partial charge in [0.15, 0.2) is 0 Å². The van der Waals surface area contributed by atoms with E-state index in [4.69, 9.17) is 17.3 Å². The number of nitrogens with two attached hydrogens (primary N) is 1. The SMILES string of the molecule is CC(N)c1ccc(Sc2ccccc2Cl)c(Br)c1. The van der Waals surface area contributed by atoms with Crippen LogP contribution in [0.15, 0.2) is 56.7 Å². The van der Waals surface area contributed by atoms with Crippen molar-refractivity contribution in [3.8, 4) is 0 Å². The van der Waals surface area contributed by atoms with Crippen LogP contribution in [0.1, 0.15) is 18.5 Å². The van der Waals surface area contributed by atoms with E-state index in [1.54, 1.807) is 11.8 Å². The molecule has 0 saturated heterocycles. The van der Waals surface area contributed by atoms with Crippen molar-refractivity contribution in [1.29, 1.82) is 0 Å². The number of hydrogen-bond donors (Lipinski definition) is 1. The van der Waals surface area contributed by atoms with Gasteiger partial charge in [0, 0.05) is 20.3 Å². The van der Waals surface area contributed by atoms with Gasteiger partial charge < -0.3 is 5.73 Å². The lowest BCUT2D eigenvalue weighted by Crippen LogP contribution is -2.04. The minimum absolute atomic E-state index is 0.0423. The largest absolute Gasteiger partial charge is 0.324 e. The van der Waals surface area contributed by atoms with Gasteiger partial charge in [-0.15, -0.1) is 0 Å². The number of hydrogen-bond acceptors (Lipinski definition) is 2. The van der Waals surface area contributed by atoms with E-state index in [1.165, 1.54) is 0 Å². The molecule has 2 N–H and O–H groups in total. The van der Waals surface area contributed by atoms with Gasteiger partial charge in [-0.3, -0.25) is 0 Å². The lowest BCUT2D eigenvalue weighted by atomic mass is 10.1. The third-order valence-corrected chi connectivity index (χ3v) is 5.05. The van der Waals surface area contributed by atoms with Crippen molar-refractivity contribution in [3.05, 3.63) is 57.5 Å². The summed E-state index contributed by atoms with van der Waals surface area (Å²) in [6.07, 6.45) is 0. The fourth-order valence-corrected chi connectivity index (χ4v) is 3.26. The van der Waals surface area contributed by atoms with Crippen LogP contribution in [0.5, 0.6) is 0 Å². The van der Waals surface area contributed by atoms with E-state index in [9.17, 15) is 0 Å². The molecule has 0 bridgehead atoms. The van der Waals surface area contributed by atoms with E-state index in [-0.39, 0.29) is 6.04 Å². The molecule has 0 amide bonds. The number of halogens is 2. The Balaban J connectivity index is 2.28. The molecular formula is C14H13BrClNS. The van der Waals surface area contributed by atoms with Crippen LogP contribution in [0.2, 0.25) is 5.02 Å². The lowest BCUT2D eigenvalue weighted by molar-refractivity contribution is 0.815. The van der Waals surface area contributed by atoms with Gasteiger partial charge in [0.2, 0.25) is 0 Å². The molecule has 2 aromatic rings. The second-order valence-electron chi connectivity index (χ2n) is 4.01. The molecule has 18 heavy (non-hydrogen) atoms. The molecule has 0 saturated carbocycles. The third kappa shape index (κ3) is 3.29. The molecule has 0 radical (unpaired) electrons. The minimum atomic E-state index is 0.0423. The summed E-state index contributed by atoms with van der Waals surface area (Å²) in [5.74, 6) is 0. The Kier molecular flexibility index (Phi) is 4.73. The van der Waals surface area contributed by atoms with Crippen molar-refractivity contribution < 1.29 is 0 Å². The summed E-state index contributed by atoms with van der Waals surface area (Å²) in [5.41, 5.74) is 6.98. The third-order valence-electron chi connectivity index (χ3n) is 2.54.